The first-order valence-corrected chi connectivity index (χ1v) is 7.66. The van der Waals surface area contributed by atoms with E-state index in [0.29, 0.717) is 5.41 Å². The number of carbonyl (C=O) groups excluding carboxylic acids is 1. The number of amides is 1. The number of rotatable bonds is 1. The van der Waals surface area contributed by atoms with Crippen LogP contribution in [0.1, 0.15) is 49.8 Å². The molecule has 1 spiro atoms. The Kier molecular flexibility index (Phi) is 3.59. The minimum Gasteiger partial charge on any atom is -0.350 e. The molecule has 0 unspecified atom stereocenters. The van der Waals surface area contributed by atoms with Crippen LogP contribution in [0.15, 0.2) is 24.3 Å². The van der Waals surface area contributed by atoms with E-state index in [9.17, 15) is 4.79 Å². The molecule has 1 atom stereocenters. The smallest absolute Gasteiger partial charge is 0.217 e. The molecule has 2 aliphatic rings. The number of nitrogens with one attached hydrogen (secondary N) is 1. The molecule has 20 heavy (non-hydrogen) atoms. The highest BCUT2D eigenvalue weighted by Gasteiger charge is 2.41. The average molecular weight is 270 g/mol. The fraction of sp³-hybridized carbons (Fsp3) is 0.562. The first kappa shape index (κ1) is 13.7. The topological polar surface area (TPSA) is 32.3 Å². The first-order chi connectivity index (χ1) is 9.61. The van der Waals surface area contributed by atoms with Crippen molar-refractivity contribution in [3.63, 3.8) is 0 Å². The van der Waals surface area contributed by atoms with Crippen molar-refractivity contribution >= 4 is 13.9 Å². The van der Waals surface area contributed by atoms with Gasteiger partial charge in [0.15, 0.2) is 7.98 Å². The summed E-state index contributed by atoms with van der Waals surface area (Å²) in [7, 11) is 2.21. The van der Waals surface area contributed by atoms with Crippen LogP contribution in [0.2, 0.25) is 0 Å². The van der Waals surface area contributed by atoms with Gasteiger partial charge in [-0.2, -0.15) is 0 Å². The molecule has 0 saturated carbocycles. The summed E-state index contributed by atoms with van der Waals surface area (Å²) >= 11 is 0. The third kappa shape index (κ3) is 2.37. The molecule has 1 aliphatic carbocycles. The number of hydrogen-bond acceptors (Lipinski definition) is 2. The van der Waals surface area contributed by atoms with E-state index in [2.05, 4.69) is 42.4 Å². The van der Waals surface area contributed by atoms with Gasteiger partial charge in [-0.25, -0.2) is 0 Å². The van der Waals surface area contributed by atoms with E-state index in [-0.39, 0.29) is 11.9 Å². The quantitative estimate of drug-likeness (QED) is 0.785. The van der Waals surface area contributed by atoms with Gasteiger partial charge in [-0.15, -0.1) is 0 Å². The van der Waals surface area contributed by atoms with Gasteiger partial charge in [-0.3, -0.25) is 4.79 Å². The third-order valence-corrected chi connectivity index (χ3v) is 5.14. The Hall–Kier alpha value is -1.29. The van der Waals surface area contributed by atoms with E-state index < -0.39 is 0 Å². The highest BCUT2D eigenvalue weighted by molar-refractivity contribution is 6.04. The number of benzene rings is 1. The maximum atomic E-state index is 11.4. The van der Waals surface area contributed by atoms with Crippen LogP contribution in [0.5, 0.6) is 0 Å². The predicted octanol–water partition coefficient (Wildman–Crippen LogP) is 1.54. The van der Waals surface area contributed by atoms with Crippen molar-refractivity contribution in [2.75, 3.05) is 13.1 Å². The highest BCUT2D eigenvalue weighted by atomic mass is 16.1. The van der Waals surface area contributed by atoms with Crippen molar-refractivity contribution in [2.45, 2.75) is 44.1 Å². The van der Waals surface area contributed by atoms with E-state index in [1.165, 1.54) is 43.5 Å². The van der Waals surface area contributed by atoms with Gasteiger partial charge in [-0.05, 0) is 55.3 Å². The van der Waals surface area contributed by atoms with Crippen LogP contribution < -0.4 is 5.32 Å². The van der Waals surface area contributed by atoms with E-state index >= 15 is 0 Å². The molecule has 1 aromatic rings. The zero-order valence-electron chi connectivity index (χ0n) is 12.5. The lowest BCUT2D eigenvalue weighted by Gasteiger charge is -2.46. The van der Waals surface area contributed by atoms with Crippen LogP contribution in [0.25, 0.3) is 0 Å². The molecule has 3 nitrogen and oxygen atoms in total. The molecule has 0 aromatic heterocycles. The summed E-state index contributed by atoms with van der Waals surface area (Å²) in [5, 5.41) is 3.12. The van der Waals surface area contributed by atoms with Crippen LogP contribution in [-0.4, -0.2) is 31.8 Å². The average Bonchev–Trinajstić information content (AvgIpc) is 2.45. The molecule has 1 N–H and O–H groups in total. The van der Waals surface area contributed by atoms with Gasteiger partial charge < -0.3 is 10.1 Å². The molecule has 1 fully saturated rings. The van der Waals surface area contributed by atoms with Crippen molar-refractivity contribution in [1.82, 2.24) is 10.1 Å². The van der Waals surface area contributed by atoms with Gasteiger partial charge in [0.25, 0.3) is 0 Å². The van der Waals surface area contributed by atoms with E-state index in [1.807, 2.05) is 0 Å². The minimum atomic E-state index is 0.0733. The second kappa shape index (κ2) is 5.25. The Balaban J connectivity index is 1.94. The normalized spacial score (nSPS) is 25.1. The lowest BCUT2D eigenvalue weighted by Crippen LogP contribution is -2.45. The number of piperidine rings is 1. The van der Waals surface area contributed by atoms with Crippen molar-refractivity contribution in [2.24, 2.45) is 0 Å². The van der Waals surface area contributed by atoms with Crippen LogP contribution >= 0.6 is 0 Å². The number of carbonyl (C=O) groups is 1. The monoisotopic (exact) mass is 270 g/mol. The summed E-state index contributed by atoms with van der Waals surface area (Å²) in [5.74, 6) is 0.0733. The third-order valence-electron chi connectivity index (χ3n) is 5.14. The zero-order chi connectivity index (χ0) is 14.2. The van der Waals surface area contributed by atoms with Gasteiger partial charge in [0.2, 0.25) is 5.91 Å². The number of nitrogens with zero attached hydrogens (tertiary/aromatic N) is 1. The Morgan fingerprint density at radius 1 is 1.30 bits per heavy atom. The lowest BCUT2D eigenvalue weighted by molar-refractivity contribution is -0.119. The molecule has 1 aliphatic heterocycles. The molecule has 3 rings (SSSR count). The Bertz CT molecular complexity index is 509. The first-order valence-electron chi connectivity index (χ1n) is 7.66. The second-order valence-corrected chi connectivity index (χ2v) is 6.46. The molecule has 1 heterocycles. The summed E-state index contributed by atoms with van der Waals surface area (Å²) in [6.45, 7) is 3.97. The standard InChI is InChI=1S/C16H23BN2O/c1-12(20)18-15-6-7-16(8-10-19(17)11-9-16)14-5-3-2-4-13(14)15/h2-5,15H,6-11,17H2,1H3,(H,18,20)/t15-/m1/s1. The van der Waals surface area contributed by atoms with Crippen molar-refractivity contribution in [3.05, 3.63) is 35.4 Å². The fourth-order valence-electron chi connectivity index (χ4n) is 3.96. The molecular weight excluding hydrogens is 247 g/mol. The Labute approximate surface area is 122 Å². The lowest BCUT2D eigenvalue weighted by atomic mass is 9.63. The summed E-state index contributed by atoms with van der Waals surface area (Å²) in [6, 6.07) is 8.94. The maximum absolute atomic E-state index is 11.4. The SMILES string of the molecule is BN1CCC2(CC[C@@H](NC(C)=O)c3ccccc32)CC1. The van der Waals surface area contributed by atoms with Gasteiger partial charge in [0.1, 0.15) is 0 Å². The van der Waals surface area contributed by atoms with Gasteiger partial charge in [-0.1, -0.05) is 24.3 Å². The minimum absolute atomic E-state index is 0.0733. The van der Waals surface area contributed by atoms with E-state index in [4.69, 9.17) is 0 Å². The molecule has 106 valence electrons. The van der Waals surface area contributed by atoms with E-state index in [1.54, 1.807) is 6.92 Å². The molecule has 1 amide bonds. The van der Waals surface area contributed by atoms with Crippen LogP contribution in [0.4, 0.5) is 0 Å². The summed E-state index contributed by atoms with van der Waals surface area (Å²) in [4.78, 5) is 13.8. The Morgan fingerprint density at radius 3 is 2.70 bits per heavy atom. The molecule has 0 bridgehead atoms. The molecule has 1 saturated heterocycles. The van der Waals surface area contributed by atoms with Crippen LogP contribution in [-0.2, 0) is 10.2 Å². The summed E-state index contributed by atoms with van der Waals surface area (Å²) in [6.07, 6.45) is 4.75. The van der Waals surface area contributed by atoms with Gasteiger partial charge in [0.05, 0.1) is 6.04 Å². The summed E-state index contributed by atoms with van der Waals surface area (Å²) in [5.41, 5.74) is 3.18. The van der Waals surface area contributed by atoms with Crippen molar-refractivity contribution in [3.8, 4) is 0 Å². The maximum Gasteiger partial charge on any atom is 0.217 e. The molecule has 0 radical (unpaired) electrons. The van der Waals surface area contributed by atoms with Gasteiger partial charge >= 0.3 is 0 Å². The fourth-order valence-corrected chi connectivity index (χ4v) is 3.96. The second-order valence-electron chi connectivity index (χ2n) is 6.46. The van der Waals surface area contributed by atoms with Crippen LogP contribution in [0, 0.1) is 0 Å². The molecule has 4 heteroatoms. The molecule has 1 aromatic carbocycles. The zero-order valence-corrected chi connectivity index (χ0v) is 12.5. The summed E-state index contributed by atoms with van der Waals surface area (Å²) < 4.78 is 0. The largest absolute Gasteiger partial charge is 0.350 e. The van der Waals surface area contributed by atoms with Gasteiger partial charge in [0, 0.05) is 6.92 Å². The molecular formula is C16H23BN2O. The van der Waals surface area contributed by atoms with Crippen molar-refractivity contribution in [1.29, 1.82) is 0 Å². The highest BCUT2D eigenvalue weighted by Crippen LogP contribution is 2.47. The Morgan fingerprint density at radius 2 is 2.00 bits per heavy atom. The van der Waals surface area contributed by atoms with Crippen molar-refractivity contribution < 1.29 is 4.79 Å². The predicted molar refractivity (Wildman–Crippen MR) is 83.3 cm³/mol. The number of fused-ring (bicyclic) bond motifs is 2. The number of hydrogen-bond donors (Lipinski definition) is 1. The van der Waals surface area contributed by atoms with Crippen LogP contribution in [0.3, 0.4) is 0 Å². The van der Waals surface area contributed by atoms with E-state index in [0.717, 1.165) is 6.42 Å².